The Bertz CT molecular complexity index is 310. The summed E-state index contributed by atoms with van der Waals surface area (Å²) in [4.78, 5) is 11.0. The molecule has 2 heteroatoms. The first kappa shape index (κ1) is 32.6. The maximum Gasteiger partial charge on any atom is 0.305 e. The van der Waals surface area contributed by atoms with Gasteiger partial charge in [-0.05, 0) is 6.42 Å². The van der Waals surface area contributed by atoms with Crippen LogP contribution in [0.3, 0.4) is 0 Å². The summed E-state index contributed by atoms with van der Waals surface area (Å²) in [5, 5.41) is 0. The first-order chi connectivity index (χ1) is 15.2. The molecule has 0 aromatic heterocycles. The van der Waals surface area contributed by atoms with Gasteiger partial charge in [-0.15, -0.1) is 0 Å². The summed E-state index contributed by atoms with van der Waals surface area (Å²) < 4.78 is 4.65. The van der Waals surface area contributed by atoms with Crippen molar-refractivity contribution in [3.63, 3.8) is 0 Å². The number of methoxy groups -OCH3 is 1. The summed E-state index contributed by atoms with van der Waals surface area (Å²) in [6.07, 6.45) is 32.4. The van der Waals surface area contributed by atoms with Crippen molar-refractivity contribution in [2.45, 2.75) is 175 Å². The molecule has 0 atom stereocenters. The highest BCUT2D eigenvalue weighted by Crippen LogP contribution is 2.14. The molecule has 0 aromatic carbocycles. The number of carbonyl (C=O) groups excluding carboxylic acids is 1. The van der Waals surface area contributed by atoms with Gasteiger partial charge < -0.3 is 4.74 Å². The normalized spacial score (nSPS) is 10.6. The average molecular weight is 441 g/mol. The third-order valence-corrected chi connectivity index (χ3v) is 6.17. The molecule has 31 heavy (non-hydrogen) atoms. The summed E-state index contributed by atoms with van der Waals surface area (Å²) in [6, 6.07) is 0. The predicted molar refractivity (Wildman–Crippen MR) is 140 cm³/mol. The molecule has 0 saturated heterocycles. The lowest BCUT2D eigenvalue weighted by Crippen LogP contribution is -1.99. The molecule has 0 heterocycles. The van der Waals surface area contributed by atoms with Gasteiger partial charge in [0.1, 0.15) is 0 Å². The Morgan fingerprint density at radius 2 is 0.645 bits per heavy atom. The van der Waals surface area contributed by atoms with Crippen LogP contribution in [0.4, 0.5) is 0 Å². The van der Waals surface area contributed by atoms with Gasteiger partial charge in [-0.2, -0.15) is 0 Å². The van der Waals surface area contributed by atoms with E-state index in [1.54, 1.807) is 0 Å². The quantitative estimate of drug-likeness (QED) is 0.117. The summed E-state index contributed by atoms with van der Waals surface area (Å²) in [5.41, 5.74) is 0. The lowest BCUT2D eigenvalue weighted by molar-refractivity contribution is -0.140. The van der Waals surface area contributed by atoms with Crippen LogP contribution < -0.4 is 0 Å². The highest BCUT2D eigenvalue weighted by molar-refractivity contribution is 5.68. The third-order valence-electron chi connectivity index (χ3n) is 6.17. The molecule has 0 fully saturated rings. The van der Waals surface area contributed by atoms with E-state index in [1.807, 2.05) is 0 Å². The Morgan fingerprint density at radius 3 is 0.903 bits per heavy atom. The second-order valence-corrected chi connectivity index (χ2v) is 9.40. The smallest absolute Gasteiger partial charge is 0.305 e. The van der Waals surface area contributed by atoms with Gasteiger partial charge in [0.05, 0.1) is 7.11 Å². The van der Waals surface area contributed by atoms with Crippen LogP contribution in [0.1, 0.15) is 175 Å². The minimum Gasteiger partial charge on any atom is -0.469 e. The van der Waals surface area contributed by atoms with Crippen LogP contribution in [0.5, 0.6) is 0 Å². The van der Waals surface area contributed by atoms with Crippen LogP contribution in [0, 0.1) is 0 Å². The van der Waals surface area contributed by atoms with Gasteiger partial charge in [-0.25, -0.2) is 0 Å². The maximum absolute atomic E-state index is 11.0. The Hall–Kier alpha value is -0.530. The van der Waals surface area contributed by atoms with Crippen molar-refractivity contribution >= 4 is 5.97 Å². The van der Waals surface area contributed by atoms with Gasteiger partial charge in [-0.3, -0.25) is 4.79 Å². The van der Waals surface area contributed by atoms with Crippen LogP contribution in [0.2, 0.25) is 0 Å². The maximum atomic E-state index is 11.0. The number of hydrogen-bond acceptors (Lipinski definition) is 2. The molecule has 2 nitrogen and oxygen atoms in total. The van der Waals surface area contributed by atoms with E-state index in [1.165, 1.54) is 148 Å². The number of carbonyl (C=O) groups is 1. The van der Waals surface area contributed by atoms with Crippen molar-refractivity contribution in [1.29, 1.82) is 0 Å². The van der Waals surface area contributed by atoms with E-state index < -0.39 is 0 Å². The standard InChI is InChI=1S/C23H46O2.C6H14/c1-3-4-5-6-7-8-9-10-11-12-13-14-15-16-17-18-19-20-21-22-23(24)25-2;1-3-5-6-4-2/h3-22H2,1-2H3;3-6H2,1-2H3. The van der Waals surface area contributed by atoms with Crippen LogP contribution in [-0.4, -0.2) is 13.1 Å². The molecule has 0 spiro atoms. The third kappa shape index (κ3) is 34.3. The molecule has 0 N–H and O–H groups in total. The molecule has 0 amide bonds. The van der Waals surface area contributed by atoms with Crippen LogP contribution in [0.15, 0.2) is 0 Å². The molecule has 0 radical (unpaired) electrons. The molecule has 0 rings (SSSR count). The molecule has 0 unspecified atom stereocenters. The molecule has 0 aliphatic carbocycles. The van der Waals surface area contributed by atoms with E-state index in [4.69, 9.17) is 0 Å². The topological polar surface area (TPSA) is 26.3 Å². The second-order valence-electron chi connectivity index (χ2n) is 9.40. The molecular formula is C29H60O2. The molecule has 188 valence electrons. The van der Waals surface area contributed by atoms with Gasteiger partial charge >= 0.3 is 5.97 Å². The molecule has 0 saturated carbocycles. The zero-order valence-corrected chi connectivity index (χ0v) is 22.3. The van der Waals surface area contributed by atoms with Crippen LogP contribution >= 0.6 is 0 Å². The Labute approximate surface area is 197 Å². The fraction of sp³-hybridized carbons (Fsp3) is 0.966. The first-order valence-corrected chi connectivity index (χ1v) is 14.3. The summed E-state index contributed by atoms with van der Waals surface area (Å²) in [5.74, 6) is -0.0630. The van der Waals surface area contributed by atoms with E-state index in [-0.39, 0.29) is 5.97 Å². The van der Waals surface area contributed by atoms with Gasteiger partial charge in [-0.1, -0.05) is 162 Å². The zero-order chi connectivity index (χ0) is 23.3. The minimum absolute atomic E-state index is 0.0630. The number of ether oxygens (including phenoxy) is 1. The number of unbranched alkanes of at least 4 members (excludes halogenated alkanes) is 21. The van der Waals surface area contributed by atoms with Crippen molar-refractivity contribution in [2.24, 2.45) is 0 Å². The summed E-state index contributed by atoms with van der Waals surface area (Å²) >= 11 is 0. The Kier molecular flexibility index (Phi) is 33.3. The van der Waals surface area contributed by atoms with Crippen molar-refractivity contribution in [1.82, 2.24) is 0 Å². The molecule has 0 bridgehead atoms. The lowest BCUT2D eigenvalue weighted by Gasteiger charge is -2.04. The fourth-order valence-corrected chi connectivity index (χ4v) is 3.95. The second kappa shape index (κ2) is 31.7. The monoisotopic (exact) mass is 440 g/mol. The first-order valence-electron chi connectivity index (χ1n) is 14.3. The minimum atomic E-state index is -0.0630. The van der Waals surface area contributed by atoms with Crippen molar-refractivity contribution in [3.05, 3.63) is 0 Å². The molecule has 0 aliphatic heterocycles. The summed E-state index contributed by atoms with van der Waals surface area (Å²) in [7, 11) is 1.47. The van der Waals surface area contributed by atoms with Gasteiger partial charge in [0, 0.05) is 6.42 Å². The molecule has 0 aliphatic rings. The van der Waals surface area contributed by atoms with E-state index in [2.05, 4.69) is 25.5 Å². The highest BCUT2D eigenvalue weighted by atomic mass is 16.5. The largest absolute Gasteiger partial charge is 0.469 e. The van der Waals surface area contributed by atoms with Gasteiger partial charge in [0.2, 0.25) is 0 Å². The number of esters is 1. The van der Waals surface area contributed by atoms with Crippen molar-refractivity contribution in [2.75, 3.05) is 7.11 Å². The van der Waals surface area contributed by atoms with E-state index in [9.17, 15) is 4.79 Å². The van der Waals surface area contributed by atoms with Crippen molar-refractivity contribution < 1.29 is 9.53 Å². The Balaban J connectivity index is 0. The average Bonchev–Trinajstić information content (AvgIpc) is 2.79. The van der Waals surface area contributed by atoms with Crippen LogP contribution in [0.25, 0.3) is 0 Å². The lowest BCUT2D eigenvalue weighted by atomic mass is 10.0. The SMILES string of the molecule is CCCCCC.CCCCCCCCCCCCCCCCCCCCCC(=O)OC. The van der Waals surface area contributed by atoms with Gasteiger partial charge in [0.15, 0.2) is 0 Å². The van der Waals surface area contributed by atoms with E-state index in [0.717, 1.165) is 6.42 Å². The zero-order valence-electron chi connectivity index (χ0n) is 22.3. The number of rotatable bonds is 23. The Morgan fingerprint density at radius 1 is 0.419 bits per heavy atom. The molecular weight excluding hydrogens is 380 g/mol. The predicted octanol–water partition coefficient (Wildman–Crippen LogP) is 10.6. The molecule has 0 aromatic rings. The summed E-state index contributed by atoms with van der Waals surface area (Å²) in [6.45, 7) is 6.75. The highest BCUT2D eigenvalue weighted by Gasteiger charge is 1.99. The fourth-order valence-electron chi connectivity index (χ4n) is 3.95. The van der Waals surface area contributed by atoms with Gasteiger partial charge in [0.25, 0.3) is 0 Å². The van der Waals surface area contributed by atoms with Crippen molar-refractivity contribution in [3.8, 4) is 0 Å². The number of hydrogen-bond donors (Lipinski definition) is 0. The van der Waals surface area contributed by atoms with Crippen LogP contribution in [-0.2, 0) is 9.53 Å². The van der Waals surface area contributed by atoms with E-state index in [0.29, 0.717) is 6.42 Å². The van der Waals surface area contributed by atoms with E-state index >= 15 is 0 Å².